The molecule has 12 heteroatoms. The van der Waals surface area contributed by atoms with Crippen LogP contribution in [-0.4, -0.2) is 64.7 Å². The van der Waals surface area contributed by atoms with Gasteiger partial charge in [0.2, 0.25) is 15.6 Å². The van der Waals surface area contributed by atoms with Crippen molar-refractivity contribution in [3.8, 4) is 0 Å². The molecule has 0 unspecified atom stereocenters. The third kappa shape index (κ3) is 4.71. The molecule has 0 radical (unpaired) electrons. The Morgan fingerprint density at radius 3 is 2.69 bits per heavy atom. The van der Waals surface area contributed by atoms with E-state index >= 15 is 0 Å². The lowest BCUT2D eigenvalue weighted by Gasteiger charge is -2.26. The van der Waals surface area contributed by atoms with Gasteiger partial charge in [0.25, 0.3) is 5.91 Å². The minimum absolute atomic E-state index is 0.0413. The first-order valence-corrected chi connectivity index (χ1v) is 12.3. The van der Waals surface area contributed by atoms with E-state index in [0.29, 0.717) is 36.3 Å². The molecule has 0 saturated carbocycles. The van der Waals surface area contributed by atoms with E-state index in [0.717, 1.165) is 5.56 Å². The number of rotatable bonds is 6. The summed E-state index contributed by atoms with van der Waals surface area (Å²) in [6.45, 7) is 1.53. The summed E-state index contributed by atoms with van der Waals surface area (Å²) >= 11 is 0. The Bertz CT molecular complexity index is 1540. The summed E-state index contributed by atoms with van der Waals surface area (Å²) in [7, 11) is -3.79. The average molecular weight is 495 g/mol. The Balaban J connectivity index is 1.51. The van der Waals surface area contributed by atoms with Crippen molar-refractivity contribution in [1.29, 1.82) is 0 Å². The number of carbonyl (C=O) groups is 1. The second-order valence-corrected chi connectivity index (χ2v) is 9.91. The van der Waals surface area contributed by atoms with Crippen molar-refractivity contribution in [2.75, 3.05) is 31.6 Å². The zero-order valence-corrected chi connectivity index (χ0v) is 19.4. The normalized spacial score (nSPS) is 14.7. The van der Waals surface area contributed by atoms with Crippen molar-refractivity contribution in [3.63, 3.8) is 0 Å². The highest BCUT2D eigenvalue weighted by atomic mass is 32.2. The molecule has 5 rings (SSSR count). The average Bonchev–Trinajstić information content (AvgIpc) is 3.38. The van der Waals surface area contributed by atoms with E-state index in [9.17, 15) is 18.0 Å². The van der Waals surface area contributed by atoms with Crippen LogP contribution in [0.3, 0.4) is 0 Å². The van der Waals surface area contributed by atoms with Gasteiger partial charge in [-0.25, -0.2) is 18.1 Å². The van der Waals surface area contributed by atoms with Gasteiger partial charge in [0.1, 0.15) is 12.7 Å². The SMILES string of the molecule is O=C(Nc1ccccc1Cn1cncn1)c1cc(=O)[nH]c2ccc(S(=O)(=O)N3CCOCC3)cc12. The zero-order chi connectivity index (χ0) is 24.4. The van der Waals surface area contributed by atoms with E-state index in [1.54, 1.807) is 23.1 Å². The van der Waals surface area contributed by atoms with Gasteiger partial charge in [-0.3, -0.25) is 9.59 Å². The minimum atomic E-state index is -3.79. The largest absolute Gasteiger partial charge is 0.379 e. The number of aromatic amines is 1. The smallest absolute Gasteiger partial charge is 0.256 e. The molecule has 1 fully saturated rings. The number of carbonyl (C=O) groups excluding carboxylic acids is 1. The Labute approximate surface area is 200 Å². The monoisotopic (exact) mass is 494 g/mol. The van der Waals surface area contributed by atoms with E-state index in [1.165, 1.54) is 34.9 Å². The number of fused-ring (bicyclic) bond motifs is 1. The minimum Gasteiger partial charge on any atom is -0.379 e. The van der Waals surface area contributed by atoms with Crippen LogP contribution in [0.4, 0.5) is 5.69 Å². The van der Waals surface area contributed by atoms with E-state index in [-0.39, 0.29) is 23.5 Å². The number of para-hydroxylation sites is 1. The van der Waals surface area contributed by atoms with Gasteiger partial charge in [-0.05, 0) is 29.8 Å². The molecule has 11 nitrogen and oxygen atoms in total. The van der Waals surface area contributed by atoms with Crippen molar-refractivity contribution >= 4 is 32.5 Å². The fraction of sp³-hybridized carbons (Fsp3) is 0.217. The van der Waals surface area contributed by atoms with E-state index in [4.69, 9.17) is 4.74 Å². The maximum atomic E-state index is 13.3. The summed E-state index contributed by atoms with van der Waals surface area (Å²) in [5.41, 5.74) is 1.29. The maximum Gasteiger partial charge on any atom is 0.256 e. The van der Waals surface area contributed by atoms with Gasteiger partial charge in [0.05, 0.1) is 30.2 Å². The highest BCUT2D eigenvalue weighted by Gasteiger charge is 2.27. The Morgan fingerprint density at radius 1 is 1.11 bits per heavy atom. The van der Waals surface area contributed by atoms with Crippen molar-refractivity contribution < 1.29 is 17.9 Å². The second-order valence-electron chi connectivity index (χ2n) is 7.98. The van der Waals surface area contributed by atoms with Gasteiger partial charge in [-0.2, -0.15) is 9.40 Å². The molecule has 0 aliphatic carbocycles. The zero-order valence-electron chi connectivity index (χ0n) is 18.5. The molecule has 0 spiro atoms. The number of pyridine rings is 1. The third-order valence-corrected chi connectivity index (χ3v) is 7.63. The number of hydrogen-bond donors (Lipinski definition) is 2. The number of H-pyrrole nitrogens is 1. The molecule has 1 amide bonds. The molecule has 1 saturated heterocycles. The van der Waals surface area contributed by atoms with Crippen molar-refractivity contribution in [2.24, 2.45) is 0 Å². The summed E-state index contributed by atoms with van der Waals surface area (Å²) in [4.78, 5) is 32.2. The van der Waals surface area contributed by atoms with Crippen molar-refractivity contribution in [1.82, 2.24) is 24.1 Å². The van der Waals surface area contributed by atoms with Crippen LogP contribution in [0.25, 0.3) is 10.9 Å². The van der Waals surface area contributed by atoms with Gasteiger partial charge in [0, 0.05) is 35.7 Å². The molecule has 0 atom stereocenters. The van der Waals surface area contributed by atoms with Gasteiger partial charge in [-0.15, -0.1) is 0 Å². The lowest BCUT2D eigenvalue weighted by molar-refractivity contribution is 0.0730. The van der Waals surface area contributed by atoms with Crippen LogP contribution in [0.1, 0.15) is 15.9 Å². The number of nitrogens with one attached hydrogen (secondary N) is 2. The molecule has 2 aromatic carbocycles. The van der Waals surface area contributed by atoms with Gasteiger partial charge in [-0.1, -0.05) is 18.2 Å². The number of nitrogens with zero attached hydrogens (tertiary/aromatic N) is 4. The molecule has 4 aromatic rings. The van der Waals surface area contributed by atoms with Crippen LogP contribution in [0, 0.1) is 0 Å². The fourth-order valence-electron chi connectivity index (χ4n) is 3.98. The second kappa shape index (κ2) is 9.41. The topological polar surface area (TPSA) is 139 Å². The molecule has 2 aromatic heterocycles. The Hall–Kier alpha value is -3.87. The molecule has 1 aliphatic heterocycles. The summed E-state index contributed by atoms with van der Waals surface area (Å²) in [6, 6.07) is 12.7. The predicted octanol–water partition coefficient (Wildman–Crippen LogP) is 1.44. The van der Waals surface area contributed by atoms with E-state index < -0.39 is 21.5 Å². The molecule has 2 N–H and O–H groups in total. The number of ether oxygens (including phenoxy) is 1. The molecule has 35 heavy (non-hydrogen) atoms. The first kappa shape index (κ1) is 22.9. The Kier molecular flexibility index (Phi) is 6.16. The number of aromatic nitrogens is 4. The van der Waals surface area contributed by atoms with Crippen molar-refractivity contribution in [2.45, 2.75) is 11.4 Å². The number of sulfonamides is 1. The summed E-state index contributed by atoms with van der Waals surface area (Å²) in [6.07, 6.45) is 2.99. The first-order chi connectivity index (χ1) is 16.9. The summed E-state index contributed by atoms with van der Waals surface area (Å²) in [5.74, 6) is -0.534. The highest BCUT2D eigenvalue weighted by molar-refractivity contribution is 7.89. The Morgan fingerprint density at radius 2 is 1.91 bits per heavy atom. The van der Waals surface area contributed by atoms with Gasteiger partial charge >= 0.3 is 0 Å². The molecular weight excluding hydrogens is 472 g/mol. The van der Waals surface area contributed by atoms with E-state index in [2.05, 4.69) is 20.4 Å². The lowest BCUT2D eigenvalue weighted by atomic mass is 10.1. The van der Waals surface area contributed by atoms with Gasteiger partial charge in [0.15, 0.2) is 0 Å². The van der Waals surface area contributed by atoms with Crippen LogP contribution >= 0.6 is 0 Å². The first-order valence-electron chi connectivity index (χ1n) is 10.9. The molecule has 0 bridgehead atoms. The maximum absolute atomic E-state index is 13.3. The highest BCUT2D eigenvalue weighted by Crippen LogP contribution is 2.25. The number of benzene rings is 2. The number of amides is 1. The predicted molar refractivity (Wildman–Crippen MR) is 128 cm³/mol. The fourth-order valence-corrected chi connectivity index (χ4v) is 5.41. The number of hydrogen-bond acceptors (Lipinski definition) is 7. The number of morpholine rings is 1. The van der Waals surface area contributed by atoms with E-state index in [1.807, 2.05) is 12.1 Å². The van der Waals surface area contributed by atoms with Crippen LogP contribution in [0.5, 0.6) is 0 Å². The van der Waals surface area contributed by atoms with Crippen LogP contribution in [0.2, 0.25) is 0 Å². The molecule has 1 aliphatic rings. The quantitative estimate of drug-likeness (QED) is 0.413. The third-order valence-electron chi connectivity index (χ3n) is 5.73. The molecule has 3 heterocycles. The summed E-state index contributed by atoms with van der Waals surface area (Å²) in [5, 5.41) is 7.27. The standard InChI is InChI=1S/C23H22N6O5S/c30-22-12-19(23(31)27-20-4-2-1-3-16(20)13-28-15-24-14-25-28)18-11-17(5-6-21(18)26-22)35(32,33)29-7-9-34-10-8-29/h1-6,11-12,14-15H,7-10,13H2,(H,26,30)(H,27,31). The van der Waals surface area contributed by atoms with Gasteiger partial charge < -0.3 is 15.0 Å². The van der Waals surface area contributed by atoms with Crippen LogP contribution < -0.4 is 10.9 Å². The van der Waals surface area contributed by atoms with Crippen molar-refractivity contribution in [3.05, 3.63) is 82.7 Å². The molecular formula is C23H22N6O5S. The van der Waals surface area contributed by atoms with Crippen LogP contribution in [-0.2, 0) is 21.3 Å². The molecule has 180 valence electrons. The lowest BCUT2D eigenvalue weighted by Crippen LogP contribution is -2.40. The number of anilines is 1. The van der Waals surface area contributed by atoms with Crippen LogP contribution in [0.15, 0.2) is 70.9 Å². The summed E-state index contributed by atoms with van der Waals surface area (Å²) < 4.78 is 34.5.